The Hall–Kier alpha value is -1.64. The summed E-state index contributed by atoms with van der Waals surface area (Å²) in [7, 11) is 0. The molecular formula is C20H29NO2. The van der Waals surface area contributed by atoms with Crippen LogP contribution in [0, 0.1) is 11.8 Å². The first-order valence-electron chi connectivity index (χ1n) is 8.93. The number of aryl methyl sites for hydroxylation is 1. The number of carbonyl (C=O) groups excluding carboxylic acids is 2. The maximum atomic E-state index is 12.8. The first-order chi connectivity index (χ1) is 11.1. The van der Waals surface area contributed by atoms with Crippen LogP contribution in [0.2, 0.25) is 0 Å². The van der Waals surface area contributed by atoms with Gasteiger partial charge in [0.25, 0.3) is 0 Å². The number of aldehydes is 1. The monoisotopic (exact) mass is 315 g/mol. The van der Waals surface area contributed by atoms with E-state index >= 15 is 0 Å². The molecule has 1 fully saturated rings. The fourth-order valence-corrected chi connectivity index (χ4v) is 3.50. The number of likely N-dealkylation sites (tertiary alicyclic amines) is 1. The highest BCUT2D eigenvalue weighted by molar-refractivity contribution is 5.82. The molecule has 1 aliphatic rings. The highest BCUT2D eigenvalue weighted by atomic mass is 16.2. The summed E-state index contributed by atoms with van der Waals surface area (Å²) in [6, 6.07) is 10.3. The second kappa shape index (κ2) is 8.85. The van der Waals surface area contributed by atoms with E-state index in [0.29, 0.717) is 5.92 Å². The van der Waals surface area contributed by atoms with E-state index in [4.69, 9.17) is 0 Å². The molecule has 2 rings (SSSR count). The molecule has 0 aliphatic carbocycles. The summed E-state index contributed by atoms with van der Waals surface area (Å²) in [6.07, 6.45) is 6.88. The van der Waals surface area contributed by atoms with E-state index in [1.807, 2.05) is 11.0 Å². The van der Waals surface area contributed by atoms with Gasteiger partial charge in [-0.15, -0.1) is 0 Å². The smallest absolute Gasteiger partial charge is 0.226 e. The summed E-state index contributed by atoms with van der Waals surface area (Å²) in [5.74, 6) is 0.563. The van der Waals surface area contributed by atoms with Gasteiger partial charge >= 0.3 is 0 Å². The molecule has 3 heteroatoms. The zero-order chi connectivity index (χ0) is 16.7. The van der Waals surface area contributed by atoms with Gasteiger partial charge in [-0.2, -0.15) is 0 Å². The Morgan fingerprint density at radius 3 is 2.65 bits per heavy atom. The molecule has 1 unspecified atom stereocenters. The second-order valence-corrected chi connectivity index (χ2v) is 6.96. The molecule has 2 atom stereocenters. The van der Waals surface area contributed by atoms with Gasteiger partial charge in [-0.05, 0) is 43.6 Å². The maximum absolute atomic E-state index is 12.8. The predicted octanol–water partition coefficient (Wildman–Crippen LogP) is 3.86. The van der Waals surface area contributed by atoms with Crippen LogP contribution in [0.4, 0.5) is 0 Å². The molecule has 0 N–H and O–H groups in total. The molecule has 0 saturated carbocycles. The highest BCUT2D eigenvalue weighted by Gasteiger charge is 2.33. The number of carbonyl (C=O) groups is 2. The lowest BCUT2D eigenvalue weighted by molar-refractivity contribution is -0.140. The zero-order valence-electron chi connectivity index (χ0n) is 14.4. The van der Waals surface area contributed by atoms with Crippen LogP contribution < -0.4 is 0 Å². The molecule has 0 bridgehead atoms. The lowest BCUT2D eigenvalue weighted by Crippen LogP contribution is -2.41. The Morgan fingerprint density at radius 2 is 2.00 bits per heavy atom. The van der Waals surface area contributed by atoms with Crippen LogP contribution in [-0.2, 0) is 16.0 Å². The molecule has 126 valence electrons. The molecule has 1 aromatic carbocycles. The summed E-state index contributed by atoms with van der Waals surface area (Å²) in [5, 5.41) is 0. The molecule has 1 saturated heterocycles. The molecule has 0 spiro atoms. The van der Waals surface area contributed by atoms with E-state index < -0.39 is 0 Å². The van der Waals surface area contributed by atoms with Gasteiger partial charge in [0, 0.05) is 12.5 Å². The van der Waals surface area contributed by atoms with Crippen molar-refractivity contribution in [1.82, 2.24) is 4.90 Å². The van der Waals surface area contributed by atoms with Crippen molar-refractivity contribution >= 4 is 12.2 Å². The van der Waals surface area contributed by atoms with Crippen LogP contribution in [0.3, 0.4) is 0 Å². The van der Waals surface area contributed by atoms with Crippen molar-refractivity contribution in [3.63, 3.8) is 0 Å². The van der Waals surface area contributed by atoms with Gasteiger partial charge in [0.05, 0.1) is 6.04 Å². The minimum absolute atomic E-state index is 0.0475. The minimum Gasteiger partial charge on any atom is -0.333 e. The van der Waals surface area contributed by atoms with Gasteiger partial charge in [-0.1, -0.05) is 50.6 Å². The molecule has 23 heavy (non-hydrogen) atoms. The van der Waals surface area contributed by atoms with Crippen molar-refractivity contribution in [3.8, 4) is 0 Å². The van der Waals surface area contributed by atoms with E-state index in [2.05, 4.69) is 38.1 Å². The summed E-state index contributed by atoms with van der Waals surface area (Å²) < 4.78 is 0. The zero-order valence-corrected chi connectivity index (χ0v) is 14.4. The van der Waals surface area contributed by atoms with Crippen LogP contribution in [-0.4, -0.2) is 29.7 Å². The standard InChI is InChI=1S/C20H29NO2/c1-16(2)19(20(23)21-14-8-12-18(21)15-22)13-7-6-11-17-9-4-3-5-10-17/h3-5,9-10,15-16,18-19H,6-8,11-14H2,1-2H3/t18-,19?/m0/s1. The van der Waals surface area contributed by atoms with Gasteiger partial charge in [0.1, 0.15) is 6.29 Å². The number of rotatable bonds is 8. The number of hydrogen-bond acceptors (Lipinski definition) is 2. The normalized spacial score (nSPS) is 19.1. The summed E-state index contributed by atoms with van der Waals surface area (Å²) in [5.41, 5.74) is 1.36. The van der Waals surface area contributed by atoms with Gasteiger partial charge in [0.2, 0.25) is 5.91 Å². The molecule has 1 amide bonds. The van der Waals surface area contributed by atoms with Crippen LogP contribution in [0.25, 0.3) is 0 Å². The van der Waals surface area contributed by atoms with Gasteiger partial charge in [-0.25, -0.2) is 0 Å². The Balaban J connectivity index is 1.83. The Bertz CT molecular complexity index is 498. The SMILES string of the molecule is CC(C)C(CCCCc1ccccc1)C(=O)N1CCC[C@H]1C=O. The van der Waals surface area contributed by atoms with Crippen LogP contribution >= 0.6 is 0 Å². The lowest BCUT2D eigenvalue weighted by atomic mass is 9.88. The number of hydrogen-bond donors (Lipinski definition) is 0. The average molecular weight is 315 g/mol. The first-order valence-corrected chi connectivity index (χ1v) is 8.93. The van der Waals surface area contributed by atoms with E-state index in [9.17, 15) is 9.59 Å². The van der Waals surface area contributed by atoms with E-state index in [1.165, 1.54) is 5.56 Å². The third kappa shape index (κ3) is 4.92. The van der Waals surface area contributed by atoms with Gasteiger partial charge in [-0.3, -0.25) is 4.79 Å². The molecule has 0 aromatic heterocycles. The van der Waals surface area contributed by atoms with Gasteiger partial charge in [0.15, 0.2) is 0 Å². The van der Waals surface area contributed by atoms with Crippen molar-refractivity contribution < 1.29 is 9.59 Å². The number of unbranched alkanes of at least 4 members (excludes halogenated alkanes) is 1. The van der Waals surface area contributed by atoms with Crippen molar-refractivity contribution in [3.05, 3.63) is 35.9 Å². The maximum Gasteiger partial charge on any atom is 0.226 e. The van der Waals surface area contributed by atoms with Crippen molar-refractivity contribution in [1.29, 1.82) is 0 Å². The molecule has 0 radical (unpaired) electrons. The second-order valence-electron chi connectivity index (χ2n) is 6.96. The van der Waals surface area contributed by atoms with Crippen molar-refractivity contribution in [2.75, 3.05) is 6.54 Å². The van der Waals surface area contributed by atoms with Crippen molar-refractivity contribution in [2.24, 2.45) is 11.8 Å². The van der Waals surface area contributed by atoms with E-state index in [-0.39, 0.29) is 17.9 Å². The lowest BCUT2D eigenvalue weighted by Gasteiger charge is -2.28. The first kappa shape index (κ1) is 17.7. The Labute approximate surface area is 140 Å². The fraction of sp³-hybridized carbons (Fsp3) is 0.600. The molecule has 1 heterocycles. The van der Waals surface area contributed by atoms with Crippen LogP contribution in [0.15, 0.2) is 30.3 Å². The minimum atomic E-state index is -0.187. The Morgan fingerprint density at radius 1 is 1.26 bits per heavy atom. The predicted molar refractivity (Wildman–Crippen MR) is 93.1 cm³/mol. The number of nitrogens with zero attached hydrogens (tertiary/aromatic N) is 1. The fourth-order valence-electron chi connectivity index (χ4n) is 3.50. The van der Waals surface area contributed by atoms with Crippen LogP contribution in [0.5, 0.6) is 0 Å². The molecule has 1 aliphatic heterocycles. The number of amides is 1. The van der Waals surface area contributed by atoms with E-state index in [1.54, 1.807) is 0 Å². The third-order valence-electron chi connectivity index (χ3n) is 4.93. The molecule has 1 aromatic rings. The van der Waals surface area contributed by atoms with Crippen molar-refractivity contribution in [2.45, 2.75) is 58.4 Å². The largest absolute Gasteiger partial charge is 0.333 e. The Kier molecular flexibility index (Phi) is 6.82. The topological polar surface area (TPSA) is 37.4 Å². The third-order valence-corrected chi connectivity index (χ3v) is 4.93. The summed E-state index contributed by atoms with van der Waals surface area (Å²) in [4.78, 5) is 25.7. The summed E-state index contributed by atoms with van der Waals surface area (Å²) >= 11 is 0. The molecular weight excluding hydrogens is 286 g/mol. The quantitative estimate of drug-likeness (QED) is 0.539. The molecule has 3 nitrogen and oxygen atoms in total. The highest BCUT2D eigenvalue weighted by Crippen LogP contribution is 2.26. The van der Waals surface area contributed by atoms with Crippen LogP contribution in [0.1, 0.15) is 51.5 Å². The summed E-state index contributed by atoms with van der Waals surface area (Å²) in [6.45, 7) is 4.98. The average Bonchev–Trinajstić information content (AvgIpc) is 3.03. The van der Waals surface area contributed by atoms with Gasteiger partial charge < -0.3 is 9.69 Å². The number of benzene rings is 1. The van der Waals surface area contributed by atoms with E-state index in [0.717, 1.165) is 51.4 Å².